The zero-order valence-corrected chi connectivity index (χ0v) is 27.4. The van der Waals surface area contributed by atoms with Crippen LogP contribution in [-0.4, -0.2) is 61.4 Å². The van der Waals surface area contributed by atoms with Gasteiger partial charge in [0.15, 0.2) is 15.4 Å². The minimum absolute atomic E-state index is 0.00119. The van der Waals surface area contributed by atoms with Gasteiger partial charge in [0.05, 0.1) is 35.1 Å². The summed E-state index contributed by atoms with van der Waals surface area (Å²) in [6.45, 7) is 0. The number of aromatic nitrogens is 1. The van der Waals surface area contributed by atoms with Gasteiger partial charge in [-0.05, 0) is 60.2 Å². The van der Waals surface area contributed by atoms with Gasteiger partial charge in [-0.2, -0.15) is 0 Å². The quantitative estimate of drug-likeness (QED) is 0.208. The Kier molecular flexibility index (Phi) is 7.80. The van der Waals surface area contributed by atoms with Crippen molar-refractivity contribution in [2.24, 2.45) is 0 Å². The van der Waals surface area contributed by atoms with Gasteiger partial charge in [0.1, 0.15) is 28.4 Å². The maximum absolute atomic E-state index is 13.7. The summed E-state index contributed by atoms with van der Waals surface area (Å²) in [5.74, 6) is -0.336. The SMILES string of the molecule is CNC(=O)c1c(-c2ccc(F)cc2)oc2cc(N(C)S(C)(=O)=O)c(-c3ccc(OC)c(-c4nc5c(S(C)(=O)=O)cccc5o4)c3)cc12. The van der Waals surface area contributed by atoms with Crippen LogP contribution in [0.5, 0.6) is 5.75 Å². The van der Waals surface area contributed by atoms with Crippen LogP contribution in [0.1, 0.15) is 10.4 Å². The van der Waals surface area contributed by atoms with Crippen molar-refractivity contribution in [3.8, 4) is 39.7 Å². The Labute approximate surface area is 269 Å². The topological polar surface area (TPSA) is 149 Å². The molecule has 0 spiro atoms. The molecule has 1 N–H and O–H groups in total. The van der Waals surface area contributed by atoms with Crippen molar-refractivity contribution < 1.29 is 39.6 Å². The number of amides is 1. The number of halogens is 1. The number of nitrogens with zero attached hydrogens (tertiary/aromatic N) is 2. The predicted octanol–water partition coefficient (Wildman–Crippen LogP) is 5.88. The van der Waals surface area contributed by atoms with E-state index in [2.05, 4.69) is 10.3 Å². The van der Waals surface area contributed by atoms with E-state index in [1.807, 2.05) is 0 Å². The lowest BCUT2D eigenvalue weighted by Crippen LogP contribution is -2.25. The average Bonchev–Trinajstić information content (AvgIpc) is 3.64. The Morgan fingerprint density at radius 1 is 0.894 bits per heavy atom. The molecule has 0 radical (unpaired) electrons. The van der Waals surface area contributed by atoms with Crippen molar-refractivity contribution in [3.63, 3.8) is 0 Å². The first-order chi connectivity index (χ1) is 22.2. The van der Waals surface area contributed by atoms with Crippen LogP contribution in [0.2, 0.25) is 0 Å². The third-order valence-electron chi connectivity index (χ3n) is 7.73. The highest BCUT2D eigenvalue weighted by molar-refractivity contribution is 7.92. The fourth-order valence-corrected chi connectivity index (χ4v) is 6.67. The number of hydrogen-bond donors (Lipinski definition) is 1. The van der Waals surface area contributed by atoms with Crippen molar-refractivity contribution in [3.05, 3.63) is 84.2 Å². The van der Waals surface area contributed by atoms with Crippen molar-refractivity contribution in [1.29, 1.82) is 0 Å². The molecule has 6 rings (SSSR count). The number of furan rings is 1. The lowest BCUT2D eigenvalue weighted by molar-refractivity contribution is 0.0964. The van der Waals surface area contributed by atoms with E-state index in [9.17, 15) is 26.0 Å². The Bertz CT molecular complexity index is 2430. The number of rotatable bonds is 8. The summed E-state index contributed by atoms with van der Waals surface area (Å²) in [6.07, 6.45) is 2.14. The van der Waals surface area contributed by atoms with Crippen LogP contribution in [0, 0.1) is 5.82 Å². The monoisotopic (exact) mass is 677 g/mol. The van der Waals surface area contributed by atoms with Crippen molar-refractivity contribution >= 4 is 53.5 Å². The summed E-state index contributed by atoms with van der Waals surface area (Å²) in [7, 11) is -3.10. The summed E-state index contributed by atoms with van der Waals surface area (Å²) >= 11 is 0. The van der Waals surface area contributed by atoms with E-state index in [1.54, 1.807) is 36.4 Å². The first-order valence-electron chi connectivity index (χ1n) is 14.0. The molecule has 14 heteroatoms. The van der Waals surface area contributed by atoms with Gasteiger partial charge in [-0.15, -0.1) is 0 Å². The number of carbonyl (C=O) groups is 1. The van der Waals surface area contributed by atoms with Gasteiger partial charge in [0, 0.05) is 42.9 Å². The van der Waals surface area contributed by atoms with Gasteiger partial charge in [-0.3, -0.25) is 9.10 Å². The van der Waals surface area contributed by atoms with Gasteiger partial charge in [-0.25, -0.2) is 26.2 Å². The minimum Gasteiger partial charge on any atom is -0.496 e. The average molecular weight is 678 g/mol. The van der Waals surface area contributed by atoms with E-state index < -0.39 is 31.6 Å². The molecular formula is C33H28FN3O8S2. The molecule has 6 aromatic rings. The number of para-hydroxylation sites is 1. The summed E-state index contributed by atoms with van der Waals surface area (Å²) in [5, 5.41) is 2.99. The highest BCUT2D eigenvalue weighted by atomic mass is 32.2. The van der Waals surface area contributed by atoms with Crippen LogP contribution >= 0.6 is 0 Å². The summed E-state index contributed by atoms with van der Waals surface area (Å²) < 4.78 is 83.1. The Morgan fingerprint density at radius 2 is 1.60 bits per heavy atom. The maximum Gasteiger partial charge on any atom is 0.255 e. The zero-order chi connectivity index (χ0) is 33.8. The zero-order valence-electron chi connectivity index (χ0n) is 25.8. The minimum atomic E-state index is -3.79. The summed E-state index contributed by atoms with van der Waals surface area (Å²) in [4.78, 5) is 17.8. The second-order valence-electron chi connectivity index (χ2n) is 10.8. The molecule has 0 unspecified atom stereocenters. The molecule has 0 saturated carbocycles. The Balaban J connectivity index is 1.64. The molecule has 242 valence electrons. The molecule has 2 aromatic heterocycles. The molecule has 1 amide bonds. The molecule has 11 nitrogen and oxygen atoms in total. The number of carbonyl (C=O) groups excluding carboxylic acids is 1. The van der Waals surface area contributed by atoms with Gasteiger partial charge in [0.2, 0.25) is 15.9 Å². The van der Waals surface area contributed by atoms with Crippen LogP contribution in [0.3, 0.4) is 0 Å². The third kappa shape index (κ3) is 5.70. The van der Waals surface area contributed by atoms with Gasteiger partial charge in [-0.1, -0.05) is 12.1 Å². The standard InChI is InChI=1S/C33H28FN3O8S2/c1-35-32(38)29-22-16-21(24(37(2)47(5,41)42)17-27(22)44-31(29)18-9-12-20(34)13-10-18)19-11-14-25(43-3)23(15-19)33-36-30-26(45-33)7-6-8-28(30)46(4,39)40/h6-17H,1-5H3,(H,35,38). The van der Waals surface area contributed by atoms with Crippen LogP contribution in [0.25, 0.3) is 56.0 Å². The molecule has 0 fully saturated rings. The van der Waals surface area contributed by atoms with E-state index in [0.717, 1.165) is 16.8 Å². The number of hydrogen-bond acceptors (Lipinski definition) is 9. The largest absolute Gasteiger partial charge is 0.496 e. The fourth-order valence-electron chi connectivity index (χ4n) is 5.34. The second kappa shape index (κ2) is 11.5. The van der Waals surface area contributed by atoms with E-state index in [0.29, 0.717) is 33.4 Å². The van der Waals surface area contributed by atoms with Crippen LogP contribution in [-0.2, 0) is 19.9 Å². The number of anilines is 1. The van der Waals surface area contributed by atoms with Gasteiger partial charge in [0.25, 0.3) is 5.91 Å². The number of methoxy groups -OCH3 is 1. The van der Waals surface area contributed by atoms with Crippen molar-refractivity contribution in [2.75, 3.05) is 38.0 Å². The smallest absolute Gasteiger partial charge is 0.255 e. The molecule has 0 aliphatic rings. The number of nitrogens with one attached hydrogen (secondary N) is 1. The summed E-state index contributed by atoms with van der Waals surface area (Å²) in [6, 6.07) is 18.2. The fraction of sp³-hybridized carbons (Fsp3) is 0.152. The first kappa shape index (κ1) is 31.8. The Morgan fingerprint density at radius 3 is 2.23 bits per heavy atom. The van der Waals surface area contributed by atoms with E-state index in [4.69, 9.17) is 13.6 Å². The third-order valence-corrected chi connectivity index (χ3v) is 10.0. The molecule has 4 aromatic carbocycles. The number of fused-ring (bicyclic) bond motifs is 2. The van der Waals surface area contributed by atoms with Crippen molar-refractivity contribution in [2.45, 2.75) is 4.90 Å². The van der Waals surface area contributed by atoms with E-state index >= 15 is 0 Å². The molecule has 0 aliphatic heterocycles. The number of sulfone groups is 1. The molecule has 0 aliphatic carbocycles. The second-order valence-corrected chi connectivity index (χ2v) is 14.8. The number of oxazole rings is 1. The van der Waals surface area contributed by atoms with Crippen LogP contribution < -0.4 is 14.4 Å². The van der Waals surface area contributed by atoms with E-state index in [1.165, 1.54) is 57.6 Å². The lowest BCUT2D eigenvalue weighted by Gasteiger charge is -2.21. The predicted molar refractivity (Wildman–Crippen MR) is 176 cm³/mol. The van der Waals surface area contributed by atoms with E-state index in [-0.39, 0.29) is 44.5 Å². The molecule has 0 atom stereocenters. The van der Waals surface area contributed by atoms with Crippen LogP contribution in [0.15, 0.2) is 86.5 Å². The number of ether oxygens (including phenoxy) is 1. The van der Waals surface area contributed by atoms with Gasteiger partial charge < -0.3 is 18.9 Å². The number of benzene rings is 4. The molecular weight excluding hydrogens is 650 g/mol. The first-order valence-corrected chi connectivity index (χ1v) is 17.8. The van der Waals surface area contributed by atoms with Gasteiger partial charge >= 0.3 is 0 Å². The van der Waals surface area contributed by atoms with Crippen LogP contribution in [0.4, 0.5) is 10.1 Å². The maximum atomic E-state index is 13.7. The van der Waals surface area contributed by atoms with Crippen molar-refractivity contribution in [1.82, 2.24) is 10.3 Å². The normalized spacial score (nSPS) is 12.0. The molecule has 2 heterocycles. The lowest BCUT2D eigenvalue weighted by atomic mass is 9.97. The Hall–Kier alpha value is -5.21. The highest BCUT2D eigenvalue weighted by Crippen LogP contribution is 2.43. The molecule has 0 saturated heterocycles. The molecule has 47 heavy (non-hydrogen) atoms. The highest BCUT2D eigenvalue weighted by Gasteiger charge is 2.27. The number of sulfonamides is 1. The summed E-state index contributed by atoms with van der Waals surface area (Å²) in [5.41, 5.74) is 2.72. The molecule has 0 bridgehead atoms.